The molecule has 1 atom stereocenters. The molecule has 0 amide bonds. The van der Waals surface area contributed by atoms with Crippen molar-refractivity contribution < 1.29 is 14.3 Å². The highest BCUT2D eigenvalue weighted by molar-refractivity contribution is 6.08. The number of allylic oxidation sites excluding steroid dienone is 1. The zero-order valence-electron chi connectivity index (χ0n) is 9.92. The monoisotopic (exact) mass is 233 g/mol. The van der Waals surface area contributed by atoms with Crippen molar-refractivity contribution in [2.75, 3.05) is 13.7 Å². The maximum Gasteiger partial charge on any atom is 0.246 e. The Labute approximate surface area is 100 Å². The van der Waals surface area contributed by atoms with Crippen LogP contribution in [0.5, 0.6) is 5.75 Å². The Kier molecular flexibility index (Phi) is 3.77. The van der Waals surface area contributed by atoms with Gasteiger partial charge in [-0.1, -0.05) is 5.16 Å². The van der Waals surface area contributed by atoms with Gasteiger partial charge in [0.2, 0.25) is 6.29 Å². The fraction of sp³-hybridized carbons (Fsp3) is 0.308. The van der Waals surface area contributed by atoms with Gasteiger partial charge in [-0.3, -0.25) is 0 Å². The van der Waals surface area contributed by atoms with E-state index in [1.807, 2.05) is 43.3 Å². The van der Waals surface area contributed by atoms with Gasteiger partial charge in [-0.2, -0.15) is 0 Å². The molecule has 4 nitrogen and oxygen atoms in total. The van der Waals surface area contributed by atoms with E-state index in [0.717, 1.165) is 17.0 Å². The molecule has 17 heavy (non-hydrogen) atoms. The van der Waals surface area contributed by atoms with Crippen molar-refractivity contribution in [1.29, 1.82) is 0 Å². The fourth-order valence-corrected chi connectivity index (χ4v) is 1.50. The minimum atomic E-state index is -0.373. The van der Waals surface area contributed by atoms with Gasteiger partial charge >= 0.3 is 0 Å². The molecule has 0 saturated heterocycles. The van der Waals surface area contributed by atoms with Crippen molar-refractivity contribution in [2.24, 2.45) is 5.16 Å². The summed E-state index contributed by atoms with van der Waals surface area (Å²) in [6, 6.07) is 7.65. The van der Waals surface area contributed by atoms with Crippen LogP contribution < -0.4 is 4.74 Å². The number of ether oxygens (including phenoxy) is 2. The van der Waals surface area contributed by atoms with Gasteiger partial charge in [0.1, 0.15) is 11.5 Å². The van der Waals surface area contributed by atoms with Crippen molar-refractivity contribution in [2.45, 2.75) is 13.2 Å². The Morgan fingerprint density at radius 1 is 1.29 bits per heavy atom. The average Bonchev–Trinajstić information content (AvgIpc) is 2.40. The topological polar surface area (TPSA) is 40.0 Å². The Morgan fingerprint density at radius 3 is 2.59 bits per heavy atom. The molecule has 90 valence electrons. The number of rotatable bonds is 4. The van der Waals surface area contributed by atoms with E-state index in [4.69, 9.17) is 14.3 Å². The van der Waals surface area contributed by atoms with E-state index in [2.05, 4.69) is 5.16 Å². The highest BCUT2D eigenvalue weighted by Gasteiger charge is 2.11. The standard InChI is InChI=1S/C13H15NO3/c1-3-16-13-9-8-12(14-17-13)10-4-6-11(15-2)7-5-10/h4-9,13H,3H2,1-2H3. The molecule has 1 aliphatic heterocycles. The Morgan fingerprint density at radius 2 is 2.06 bits per heavy atom. The van der Waals surface area contributed by atoms with Crippen molar-refractivity contribution in [1.82, 2.24) is 0 Å². The van der Waals surface area contributed by atoms with Crippen LogP contribution in [0.2, 0.25) is 0 Å². The Balaban J connectivity index is 2.06. The van der Waals surface area contributed by atoms with Gasteiger partial charge in [0, 0.05) is 12.2 Å². The van der Waals surface area contributed by atoms with Crippen LogP contribution in [0.3, 0.4) is 0 Å². The smallest absolute Gasteiger partial charge is 0.246 e. The zero-order valence-corrected chi connectivity index (χ0v) is 9.92. The number of methoxy groups -OCH3 is 1. The number of nitrogens with zero attached hydrogens (tertiary/aromatic N) is 1. The molecular weight excluding hydrogens is 218 g/mol. The van der Waals surface area contributed by atoms with Crippen LogP contribution >= 0.6 is 0 Å². The summed E-state index contributed by atoms with van der Waals surface area (Å²) < 4.78 is 10.4. The zero-order chi connectivity index (χ0) is 12.1. The van der Waals surface area contributed by atoms with Gasteiger partial charge in [-0.25, -0.2) is 0 Å². The molecular formula is C13H15NO3. The summed E-state index contributed by atoms with van der Waals surface area (Å²) in [5, 5.41) is 4.02. The van der Waals surface area contributed by atoms with Crippen LogP contribution in [0.25, 0.3) is 0 Å². The highest BCUT2D eigenvalue weighted by Crippen LogP contribution is 2.15. The van der Waals surface area contributed by atoms with Crippen LogP contribution in [0.1, 0.15) is 12.5 Å². The van der Waals surface area contributed by atoms with E-state index in [-0.39, 0.29) is 6.29 Å². The third-order valence-electron chi connectivity index (χ3n) is 2.38. The van der Waals surface area contributed by atoms with E-state index >= 15 is 0 Å². The van der Waals surface area contributed by atoms with E-state index in [0.29, 0.717) is 6.61 Å². The highest BCUT2D eigenvalue weighted by atomic mass is 16.8. The summed E-state index contributed by atoms with van der Waals surface area (Å²) in [6.45, 7) is 2.52. The molecule has 1 aromatic rings. The lowest BCUT2D eigenvalue weighted by Gasteiger charge is -2.15. The van der Waals surface area contributed by atoms with Gasteiger partial charge < -0.3 is 14.3 Å². The van der Waals surface area contributed by atoms with Crippen LogP contribution in [0.4, 0.5) is 0 Å². The first kappa shape index (κ1) is 11.7. The van der Waals surface area contributed by atoms with Gasteiger partial charge in [0.05, 0.1) is 7.11 Å². The van der Waals surface area contributed by atoms with Gasteiger partial charge in [-0.15, -0.1) is 0 Å². The number of oxime groups is 1. The average molecular weight is 233 g/mol. The summed E-state index contributed by atoms with van der Waals surface area (Å²) in [5.74, 6) is 0.822. The molecule has 0 saturated carbocycles. The Bertz CT molecular complexity index is 423. The summed E-state index contributed by atoms with van der Waals surface area (Å²) in [6.07, 6.45) is 3.36. The van der Waals surface area contributed by atoms with Crippen LogP contribution in [-0.4, -0.2) is 25.7 Å². The molecule has 0 fully saturated rings. The molecule has 0 aromatic heterocycles. The second-order valence-corrected chi connectivity index (χ2v) is 3.49. The van der Waals surface area contributed by atoms with Crippen molar-refractivity contribution in [3.8, 4) is 5.75 Å². The molecule has 0 spiro atoms. The summed E-state index contributed by atoms with van der Waals surface area (Å²) in [5.41, 5.74) is 1.76. The second kappa shape index (κ2) is 5.50. The summed E-state index contributed by atoms with van der Waals surface area (Å²) >= 11 is 0. The molecule has 1 aromatic carbocycles. The maximum absolute atomic E-state index is 5.27. The number of hydrogen-bond acceptors (Lipinski definition) is 4. The van der Waals surface area contributed by atoms with E-state index in [9.17, 15) is 0 Å². The number of benzene rings is 1. The Hall–Kier alpha value is -1.81. The molecule has 1 unspecified atom stereocenters. The first-order chi connectivity index (χ1) is 8.33. The molecule has 0 radical (unpaired) electrons. The van der Waals surface area contributed by atoms with Crippen molar-refractivity contribution in [3.05, 3.63) is 42.0 Å². The first-order valence-electron chi connectivity index (χ1n) is 5.51. The third kappa shape index (κ3) is 2.85. The fourth-order valence-electron chi connectivity index (χ4n) is 1.50. The van der Waals surface area contributed by atoms with E-state index in [1.54, 1.807) is 7.11 Å². The van der Waals surface area contributed by atoms with Crippen LogP contribution in [0, 0.1) is 0 Å². The molecule has 0 aliphatic carbocycles. The van der Waals surface area contributed by atoms with Crippen molar-refractivity contribution in [3.63, 3.8) is 0 Å². The van der Waals surface area contributed by atoms with Gasteiger partial charge in [0.25, 0.3) is 0 Å². The van der Waals surface area contributed by atoms with E-state index < -0.39 is 0 Å². The summed E-state index contributed by atoms with van der Waals surface area (Å²) in [7, 11) is 1.64. The SMILES string of the molecule is CCOC1C=CC(c2ccc(OC)cc2)=NO1. The van der Waals surface area contributed by atoms with Crippen LogP contribution in [-0.2, 0) is 9.57 Å². The lowest BCUT2D eigenvalue weighted by atomic mass is 10.1. The second-order valence-electron chi connectivity index (χ2n) is 3.49. The normalized spacial score (nSPS) is 18.5. The quantitative estimate of drug-likeness (QED) is 0.801. The molecule has 4 heteroatoms. The van der Waals surface area contributed by atoms with Crippen molar-refractivity contribution >= 4 is 5.71 Å². The lowest BCUT2D eigenvalue weighted by Crippen LogP contribution is -2.17. The molecule has 0 bridgehead atoms. The predicted molar refractivity (Wildman–Crippen MR) is 65.2 cm³/mol. The minimum absolute atomic E-state index is 0.373. The molecule has 1 aliphatic rings. The minimum Gasteiger partial charge on any atom is -0.497 e. The number of hydrogen-bond donors (Lipinski definition) is 0. The predicted octanol–water partition coefficient (Wildman–Crippen LogP) is 2.35. The third-order valence-corrected chi connectivity index (χ3v) is 2.38. The van der Waals surface area contributed by atoms with Gasteiger partial charge in [0.15, 0.2) is 0 Å². The molecule has 0 N–H and O–H groups in total. The van der Waals surface area contributed by atoms with Crippen LogP contribution in [0.15, 0.2) is 41.6 Å². The molecule has 2 rings (SSSR count). The van der Waals surface area contributed by atoms with Gasteiger partial charge in [-0.05, 0) is 43.3 Å². The lowest BCUT2D eigenvalue weighted by molar-refractivity contribution is -0.108. The molecule has 1 heterocycles. The maximum atomic E-state index is 5.27. The summed E-state index contributed by atoms with van der Waals surface area (Å²) in [4.78, 5) is 5.19. The van der Waals surface area contributed by atoms with E-state index in [1.165, 1.54) is 0 Å². The first-order valence-corrected chi connectivity index (χ1v) is 5.51. The largest absolute Gasteiger partial charge is 0.497 e.